The molecule has 0 spiro atoms. The van der Waals surface area contributed by atoms with Gasteiger partial charge >= 0.3 is 11.9 Å². The maximum atomic E-state index is 11.6. The predicted molar refractivity (Wildman–Crippen MR) is 175 cm³/mol. The number of aryl methyl sites for hydroxylation is 2. The Morgan fingerprint density at radius 1 is 0.789 bits per heavy atom. The first kappa shape index (κ1) is 32.3. The van der Waals surface area contributed by atoms with E-state index < -0.39 is 0 Å². The van der Waals surface area contributed by atoms with Crippen LogP contribution in [0.4, 0.5) is 0 Å². The molecule has 1 aromatic carbocycles. The first-order chi connectivity index (χ1) is 18.3. The molecule has 2 fully saturated rings. The maximum absolute atomic E-state index is 11.6. The summed E-state index contributed by atoms with van der Waals surface area (Å²) in [6.07, 6.45) is 2.20. The lowest BCUT2D eigenvalue weighted by Gasteiger charge is -2.11. The highest BCUT2D eigenvalue weighted by molar-refractivity contribution is 8.22. The molecule has 0 bridgehead atoms. The lowest BCUT2D eigenvalue weighted by molar-refractivity contribution is -0.139. The number of esters is 2. The Bertz CT molecular complexity index is 863. The minimum atomic E-state index is -0.282. The van der Waals surface area contributed by atoms with E-state index in [0.29, 0.717) is 44.0 Å². The van der Waals surface area contributed by atoms with Gasteiger partial charge in [0.25, 0.3) is 0 Å². The van der Waals surface area contributed by atoms with Crippen molar-refractivity contribution in [1.82, 2.24) is 0 Å². The van der Waals surface area contributed by atoms with Crippen LogP contribution < -0.4 is 0 Å². The lowest BCUT2D eigenvalue weighted by atomic mass is 10.1. The summed E-state index contributed by atoms with van der Waals surface area (Å²) in [7, 11) is 0. The van der Waals surface area contributed by atoms with Gasteiger partial charge in [0.15, 0.2) is 0 Å². The van der Waals surface area contributed by atoms with Gasteiger partial charge in [-0.05, 0) is 49.3 Å². The molecule has 1 aromatic rings. The van der Waals surface area contributed by atoms with Crippen molar-refractivity contribution >= 4 is 82.5 Å². The second kappa shape index (κ2) is 17.5. The average Bonchev–Trinajstić information content (AvgIpc) is 3.56. The fraction of sp³-hybridized carbons (Fsp3) is 0.571. The number of hydrogen-bond acceptors (Lipinski definition) is 10. The van der Waals surface area contributed by atoms with Crippen molar-refractivity contribution in [2.24, 2.45) is 0 Å². The van der Waals surface area contributed by atoms with E-state index in [1.165, 1.54) is 11.1 Å². The van der Waals surface area contributed by atoms with Crippen LogP contribution in [0.5, 0.6) is 0 Å². The molecule has 2 saturated heterocycles. The molecule has 0 aliphatic carbocycles. The van der Waals surface area contributed by atoms with E-state index >= 15 is 0 Å². The fourth-order valence-electron chi connectivity index (χ4n) is 3.56. The number of carbonyl (C=O) groups excluding carboxylic acids is 2. The Hall–Kier alpha value is -0.260. The second-order valence-electron chi connectivity index (χ2n) is 9.27. The molecule has 0 radical (unpaired) electrons. The summed E-state index contributed by atoms with van der Waals surface area (Å²) in [5.41, 5.74) is 3.74. The molecule has 2 heterocycles. The van der Waals surface area contributed by atoms with Crippen molar-refractivity contribution in [1.29, 1.82) is 0 Å². The van der Waals surface area contributed by atoms with Crippen LogP contribution in [0.1, 0.15) is 25.0 Å². The standard InChI is InChI=1S/C28H38O4S6/c1-19(2)27(29)31-13-23-15-35-25(37-23)17-33-11-9-21-5-7-22(8-6-21)10-12-34-18-26-36-16-24(38-26)14-32-28(30)20(3)4/h5-8,23-26H,1,3,9-18H2,2,4H3. The third-order valence-electron chi connectivity index (χ3n) is 5.72. The SMILES string of the molecule is C=C(C)C(=O)OCC1CSC(CSCCc2ccc(CCSCC3SCC(COC(=O)C(=C)C)S3)cc2)S1. The molecule has 210 valence electrons. The third-order valence-corrected chi connectivity index (χ3v) is 15.2. The molecule has 0 aromatic heterocycles. The molecule has 0 amide bonds. The summed E-state index contributed by atoms with van der Waals surface area (Å²) in [6, 6.07) is 9.13. The summed E-state index contributed by atoms with van der Waals surface area (Å²) in [4.78, 5) is 23.1. The predicted octanol–water partition coefficient (Wildman–Crippen LogP) is 6.83. The van der Waals surface area contributed by atoms with Crippen LogP contribution in [0.25, 0.3) is 0 Å². The molecule has 4 unspecified atom stereocenters. The number of ether oxygens (including phenoxy) is 2. The summed E-state index contributed by atoms with van der Waals surface area (Å²) in [6.45, 7) is 11.6. The third kappa shape index (κ3) is 12.1. The fourth-order valence-corrected chi connectivity index (χ4v) is 12.9. The molecule has 2 aliphatic rings. The quantitative estimate of drug-likeness (QED) is 0.110. The second-order valence-corrected chi connectivity index (χ2v) is 17.6. The van der Waals surface area contributed by atoms with Crippen LogP contribution in [0.15, 0.2) is 48.6 Å². The molecule has 2 aliphatic heterocycles. The van der Waals surface area contributed by atoms with Crippen LogP contribution >= 0.6 is 70.6 Å². The number of benzene rings is 1. The smallest absolute Gasteiger partial charge is 0.333 e. The molecule has 0 N–H and O–H groups in total. The van der Waals surface area contributed by atoms with E-state index in [9.17, 15) is 9.59 Å². The summed E-state index contributed by atoms with van der Waals surface area (Å²) >= 11 is 11.9. The molecular weight excluding hydrogens is 593 g/mol. The van der Waals surface area contributed by atoms with Crippen molar-refractivity contribution in [2.75, 3.05) is 47.7 Å². The monoisotopic (exact) mass is 630 g/mol. The van der Waals surface area contributed by atoms with Crippen LogP contribution in [0, 0.1) is 0 Å². The molecule has 4 nitrogen and oxygen atoms in total. The molecule has 4 atom stereocenters. The molecular formula is C28H38O4S6. The molecule has 3 rings (SSSR count). The highest BCUT2D eigenvalue weighted by Crippen LogP contribution is 2.40. The van der Waals surface area contributed by atoms with Crippen molar-refractivity contribution < 1.29 is 19.1 Å². The highest BCUT2D eigenvalue weighted by atomic mass is 32.2. The Morgan fingerprint density at radius 2 is 1.18 bits per heavy atom. The van der Waals surface area contributed by atoms with Crippen LogP contribution in [0.2, 0.25) is 0 Å². The van der Waals surface area contributed by atoms with E-state index in [4.69, 9.17) is 9.47 Å². The first-order valence-corrected chi connectivity index (χ1v) is 19.0. The molecule has 10 heteroatoms. The van der Waals surface area contributed by atoms with Crippen molar-refractivity contribution in [3.63, 3.8) is 0 Å². The minimum Gasteiger partial charge on any atom is -0.461 e. The summed E-state index contributed by atoms with van der Waals surface area (Å²) in [5.74, 6) is 6.06. The number of carbonyl (C=O) groups is 2. The van der Waals surface area contributed by atoms with Crippen molar-refractivity contribution in [3.8, 4) is 0 Å². The number of hydrogen-bond donors (Lipinski definition) is 0. The topological polar surface area (TPSA) is 52.6 Å². The Balaban J connectivity index is 1.20. The van der Waals surface area contributed by atoms with E-state index in [1.54, 1.807) is 13.8 Å². The van der Waals surface area contributed by atoms with Gasteiger partial charge in [0.05, 0.1) is 9.16 Å². The average molecular weight is 631 g/mol. The zero-order chi connectivity index (χ0) is 27.3. The van der Waals surface area contributed by atoms with Gasteiger partial charge in [-0.3, -0.25) is 0 Å². The van der Waals surface area contributed by atoms with Gasteiger partial charge in [-0.25, -0.2) is 9.59 Å². The van der Waals surface area contributed by atoms with Crippen molar-refractivity contribution in [3.05, 3.63) is 59.7 Å². The van der Waals surface area contributed by atoms with E-state index in [1.807, 2.05) is 70.6 Å². The van der Waals surface area contributed by atoms with Gasteiger partial charge in [0.2, 0.25) is 0 Å². The van der Waals surface area contributed by atoms with Crippen LogP contribution in [0.3, 0.4) is 0 Å². The largest absolute Gasteiger partial charge is 0.461 e. The minimum absolute atomic E-state index is 0.282. The lowest BCUT2D eigenvalue weighted by Crippen LogP contribution is -2.16. The van der Waals surface area contributed by atoms with Gasteiger partial charge in [0.1, 0.15) is 13.2 Å². The van der Waals surface area contributed by atoms with E-state index in [0.717, 1.165) is 47.4 Å². The first-order valence-electron chi connectivity index (χ1n) is 12.7. The summed E-state index contributed by atoms with van der Waals surface area (Å²) in [5, 5.41) is 0.788. The van der Waals surface area contributed by atoms with Gasteiger partial charge in [0, 0.05) is 44.7 Å². The van der Waals surface area contributed by atoms with Crippen LogP contribution in [-0.2, 0) is 31.9 Å². The van der Waals surface area contributed by atoms with Gasteiger partial charge in [-0.1, -0.05) is 37.4 Å². The van der Waals surface area contributed by atoms with Crippen LogP contribution in [-0.4, -0.2) is 79.3 Å². The van der Waals surface area contributed by atoms with Gasteiger partial charge in [-0.2, -0.15) is 23.5 Å². The number of rotatable bonds is 16. The Labute approximate surface area is 253 Å². The maximum Gasteiger partial charge on any atom is 0.333 e. The van der Waals surface area contributed by atoms with Crippen molar-refractivity contribution in [2.45, 2.75) is 46.4 Å². The number of thioether (sulfide) groups is 6. The van der Waals surface area contributed by atoms with E-state index in [-0.39, 0.29) is 11.9 Å². The summed E-state index contributed by atoms with van der Waals surface area (Å²) < 4.78 is 11.8. The highest BCUT2D eigenvalue weighted by Gasteiger charge is 2.28. The normalized spacial score (nSPS) is 22.8. The zero-order valence-electron chi connectivity index (χ0n) is 22.2. The van der Waals surface area contributed by atoms with Gasteiger partial charge < -0.3 is 9.47 Å². The Morgan fingerprint density at radius 3 is 1.55 bits per heavy atom. The van der Waals surface area contributed by atoms with Gasteiger partial charge in [-0.15, -0.1) is 47.0 Å². The molecule has 0 saturated carbocycles. The Kier molecular flexibility index (Phi) is 14.9. The zero-order valence-corrected chi connectivity index (χ0v) is 27.1. The van der Waals surface area contributed by atoms with E-state index in [2.05, 4.69) is 37.4 Å². The molecule has 38 heavy (non-hydrogen) atoms.